The van der Waals surface area contributed by atoms with Crippen molar-refractivity contribution in [2.24, 2.45) is 0 Å². The molecule has 0 aliphatic rings. The second-order valence-electron chi connectivity index (χ2n) is 4.62. The Kier molecular flexibility index (Phi) is 4.37. The van der Waals surface area contributed by atoms with Gasteiger partial charge < -0.3 is 20.3 Å². The number of benzene rings is 1. The van der Waals surface area contributed by atoms with E-state index in [0.29, 0.717) is 12.2 Å². The molecule has 0 aliphatic carbocycles. The maximum atomic E-state index is 12.0. The van der Waals surface area contributed by atoms with Gasteiger partial charge in [0.25, 0.3) is 0 Å². The van der Waals surface area contributed by atoms with E-state index in [9.17, 15) is 9.90 Å². The van der Waals surface area contributed by atoms with Crippen molar-refractivity contribution in [2.45, 2.75) is 19.6 Å². The van der Waals surface area contributed by atoms with Crippen LogP contribution in [0, 0.1) is 0 Å². The molecule has 6 heteroatoms. The minimum atomic E-state index is -0.562. The average Bonchev–Trinajstić information content (AvgIpc) is 2.91. The standard InChI is InChI=1S/C14H18N4O2/c1-10(19)11-4-3-5-12(8-11)17-14(20)18(2)9-13-15-6-7-16-13/h3-8,10,19H,9H2,1-2H3,(H,15,16)(H,17,20). The van der Waals surface area contributed by atoms with E-state index in [4.69, 9.17) is 0 Å². The van der Waals surface area contributed by atoms with E-state index in [-0.39, 0.29) is 6.03 Å². The molecule has 0 saturated heterocycles. The highest BCUT2D eigenvalue weighted by Gasteiger charge is 2.11. The lowest BCUT2D eigenvalue weighted by molar-refractivity contribution is 0.199. The van der Waals surface area contributed by atoms with Gasteiger partial charge in [-0.2, -0.15) is 0 Å². The van der Waals surface area contributed by atoms with Gasteiger partial charge in [-0.3, -0.25) is 0 Å². The van der Waals surface area contributed by atoms with Gasteiger partial charge in [0.05, 0.1) is 12.6 Å². The summed E-state index contributed by atoms with van der Waals surface area (Å²) in [5.41, 5.74) is 1.41. The van der Waals surface area contributed by atoms with Crippen LogP contribution < -0.4 is 5.32 Å². The molecule has 1 aromatic carbocycles. The zero-order valence-electron chi connectivity index (χ0n) is 11.5. The lowest BCUT2D eigenvalue weighted by Crippen LogP contribution is -2.31. The Morgan fingerprint density at radius 3 is 3.00 bits per heavy atom. The molecule has 1 unspecified atom stereocenters. The predicted octanol–water partition coefficient (Wildman–Crippen LogP) is 2.13. The van der Waals surface area contributed by atoms with Crippen molar-refractivity contribution in [3.05, 3.63) is 48.0 Å². The second kappa shape index (κ2) is 6.21. The highest BCUT2D eigenvalue weighted by atomic mass is 16.3. The molecule has 2 rings (SSSR count). The molecule has 0 saturated carbocycles. The largest absolute Gasteiger partial charge is 0.389 e. The number of anilines is 1. The van der Waals surface area contributed by atoms with Gasteiger partial charge in [0.15, 0.2) is 0 Å². The molecule has 6 nitrogen and oxygen atoms in total. The van der Waals surface area contributed by atoms with Crippen LogP contribution in [0.15, 0.2) is 36.7 Å². The summed E-state index contributed by atoms with van der Waals surface area (Å²) in [5.74, 6) is 0.723. The molecule has 20 heavy (non-hydrogen) atoms. The number of nitrogens with one attached hydrogen (secondary N) is 2. The molecule has 0 radical (unpaired) electrons. The first kappa shape index (κ1) is 14.1. The topological polar surface area (TPSA) is 81.2 Å². The number of amides is 2. The smallest absolute Gasteiger partial charge is 0.321 e. The molecule has 1 aromatic heterocycles. The van der Waals surface area contributed by atoms with Crippen molar-refractivity contribution in [3.63, 3.8) is 0 Å². The van der Waals surface area contributed by atoms with Gasteiger partial charge in [-0.1, -0.05) is 12.1 Å². The summed E-state index contributed by atoms with van der Waals surface area (Å²) in [7, 11) is 1.69. The fourth-order valence-electron chi connectivity index (χ4n) is 1.78. The minimum absolute atomic E-state index is 0.232. The summed E-state index contributed by atoms with van der Waals surface area (Å²) >= 11 is 0. The molecule has 3 N–H and O–H groups in total. The maximum Gasteiger partial charge on any atom is 0.321 e. The Bertz CT molecular complexity index is 566. The quantitative estimate of drug-likeness (QED) is 0.798. The minimum Gasteiger partial charge on any atom is -0.389 e. The summed E-state index contributed by atoms with van der Waals surface area (Å²) in [5, 5.41) is 12.3. The second-order valence-corrected chi connectivity index (χ2v) is 4.62. The van der Waals surface area contributed by atoms with Gasteiger partial charge in [-0.05, 0) is 24.6 Å². The number of carbonyl (C=O) groups excluding carboxylic acids is 1. The SMILES string of the molecule is CC(O)c1cccc(NC(=O)N(C)Cc2ncc[nH]2)c1. The number of aromatic nitrogens is 2. The van der Waals surface area contributed by atoms with Crippen LogP contribution in [-0.4, -0.2) is 33.1 Å². The van der Waals surface area contributed by atoms with Crippen LogP contribution in [-0.2, 0) is 6.54 Å². The third-order valence-electron chi connectivity index (χ3n) is 2.91. The van der Waals surface area contributed by atoms with Gasteiger partial charge in [0.1, 0.15) is 5.82 Å². The molecule has 0 fully saturated rings. The van der Waals surface area contributed by atoms with Crippen molar-refractivity contribution in [2.75, 3.05) is 12.4 Å². The zero-order chi connectivity index (χ0) is 14.5. The number of imidazole rings is 1. The van der Waals surface area contributed by atoms with Crippen LogP contribution in [0.3, 0.4) is 0 Å². The number of urea groups is 1. The van der Waals surface area contributed by atoms with E-state index < -0.39 is 6.10 Å². The van der Waals surface area contributed by atoms with Crippen LogP contribution in [0.2, 0.25) is 0 Å². The molecule has 1 heterocycles. The number of hydrogen-bond donors (Lipinski definition) is 3. The Morgan fingerprint density at radius 1 is 1.55 bits per heavy atom. The van der Waals surface area contributed by atoms with E-state index in [2.05, 4.69) is 15.3 Å². The molecule has 2 amide bonds. The van der Waals surface area contributed by atoms with Gasteiger partial charge >= 0.3 is 6.03 Å². The van der Waals surface area contributed by atoms with Crippen molar-refractivity contribution < 1.29 is 9.90 Å². The van der Waals surface area contributed by atoms with Crippen molar-refractivity contribution in [1.29, 1.82) is 0 Å². The summed E-state index contributed by atoms with van der Waals surface area (Å²) in [6.45, 7) is 2.08. The molecule has 106 valence electrons. The monoisotopic (exact) mass is 274 g/mol. The number of H-pyrrole nitrogens is 1. The molecule has 0 aliphatic heterocycles. The van der Waals surface area contributed by atoms with Crippen LogP contribution in [0.4, 0.5) is 10.5 Å². The van der Waals surface area contributed by atoms with E-state index in [1.54, 1.807) is 44.6 Å². The molecule has 1 atom stereocenters. The number of aromatic amines is 1. The van der Waals surface area contributed by atoms with Gasteiger partial charge in [0.2, 0.25) is 0 Å². The van der Waals surface area contributed by atoms with Crippen molar-refractivity contribution >= 4 is 11.7 Å². The lowest BCUT2D eigenvalue weighted by atomic mass is 10.1. The number of hydrogen-bond acceptors (Lipinski definition) is 3. The molecular formula is C14H18N4O2. The van der Waals surface area contributed by atoms with Crippen molar-refractivity contribution in [1.82, 2.24) is 14.9 Å². The maximum absolute atomic E-state index is 12.0. The molecule has 0 spiro atoms. The fourth-order valence-corrected chi connectivity index (χ4v) is 1.78. The van der Waals surface area contributed by atoms with Crippen LogP contribution in [0.5, 0.6) is 0 Å². The first-order valence-electron chi connectivity index (χ1n) is 6.34. The summed E-state index contributed by atoms with van der Waals surface area (Å²) in [6.07, 6.45) is 2.80. The fraction of sp³-hybridized carbons (Fsp3) is 0.286. The highest BCUT2D eigenvalue weighted by molar-refractivity contribution is 5.89. The van der Waals surface area contributed by atoms with Gasteiger partial charge in [-0.15, -0.1) is 0 Å². The normalized spacial score (nSPS) is 11.9. The third-order valence-corrected chi connectivity index (χ3v) is 2.91. The van der Waals surface area contributed by atoms with E-state index in [1.807, 2.05) is 6.07 Å². The average molecular weight is 274 g/mol. The Balaban J connectivity index is 1.98. The van der Waals surface area contributed by atoms with E-state index in [1.165, 1.54) is 4.90 Å². The van der Waals surface area contributed by atoms with Crippen molar-refractivity contribution in [3.8, 4) is 0 Å². The lowest BCUT2D eigenvalue weighted by Gasteiger charge is -2.17. The number of carbonyl (C=O) groups is 1. The predicted molar refractivity (Wildman–Crippen MR) is 76.1 cm³/mol. The first-order chi connectivity index (χ1) is 9.56. The third kappa shape index (κ3) is 3.58. The van der Waals surface area contributed by atoms with E-state index in [0.717, 1.165) is 11.4 Å². The zero-order valence-corrected chi connectivity index (χ0v) is 11.5. The summed E-state index contributed by atoms with van der Waals surface area (Å²) < 4.78 is 0. The Morgan fingerprint density at radius 2 is 2.35 bits per heavy atom. The summed E-state index contributed by atoms with van der Waals surface area (Å²) in [4.78, 5) is 20.6. The van der Waals surface area contributed by atoms with Crippen LogP contribution in [0.25, 0.3) is 0 Å². The Hall–Kier alpha value is -2.34. The summed E-state index contributed by atoms with van der Waals surface area (Å²) in [6, 6.07) is 6.91. The van der Waals surface area contributed by atoms with Crippen LogP contribution in [0.1, 0.15) is 24.4 Å². The number of aliphatic hydroxyl groups is 1. The van der Waals surface area contributed by atoms with Crippen LogP contribution >= 0.6 is 0 Å². The number of nitrogens with zero attached hydrogens (tertiary/aromatic N) is 2. The number of aliphatic hydroxyl groups excluding tert-OH is 1. The molecular weight excluding hydrogens is 256 g/mol. The highest BCUT2D eigenvalue weighted by Crippen LogP contribution is 2.17. The molecule has 0 bridgehead atoms. The Labute approximate surface area is 117 Å². The van der Waals surface area contributed by atoms with Gasteiger partial charge in [-0.25, -0.2) is 9.78 Å². The van der Waals surface area contributed by atoms with Gasteiger partial charge in [0, 0.05) is 25.1 Å². The number of rotatable bonds is 4. The van der Waals surface area contributed by atoms with E-state index >= 15 is 0 Å². The first-order valence-corrected chi connectivity index (χ1v) is 6.34. The molecule has 2 aromatic rings.